The minimum Gasteiger partial charge on any atom is -0.475 e. The van der Waals surface area contributed by atoms with Gasteiger partial charge in [0, 0.05) is 18.3 Å². The molecule has 4 heteroatoms. The highest BCUT2D eigenvalue weighted by atomic mass is 19.1. The van der Waals surface area contributed by atoms with Crippen molar-refractivity contribution in [2.75, 3.05) is 13.3 Å². The maximum atomic E-state index is 11.7. The predicted molar refractivity (Wildman–Crippen MR) is 48.3 cm³/mol. The quantitative estimate of drug-likeness (QED) is 0.770. The Bertz CT molecular complexity index is 248. The number of alkyl halides is 1. The average Bonchev–Trinajstić information content (AvgIpc) is 2.15. The van der Waals surface area contributed by atoms with Gasteiger partial charge in [0.15, 0.2) is 0 Å². The largest absolute Gasteiger partial charge is 0.475 e. The van der Waals surface area contributed by atoms with Crippen molar-refractivity contribution in [1.82, 2.24) is 4.98 Å². The van der Waals surface area contributed by atoms with Gasteiger partial charge in [-0.1, -0.05) is 6.07 Å². The Balaban J connectivity index is 2.59. The van der Waals surface area contributed by atoms with Gasteiger partial charge in [0.2, 0.25) is 5.88 Å². The maximum Gasteiger partial charge on any atom is 0.213 e. The van der Waals surface area contributed by atoms with E-state index < -0.39 is 6.67 Å². The van der Waals surface area contributed by atoms with Crippen molar-refractivity contribution in [2.45, 2.75) is 13.0 Å². The molecule has 0 amide bonds. The summed E-state index contributed by atoms with van der Waals surface area (Å²) in [7, 11) is 0. The number of hydrogen-bond acceptors (Lipinski definition) is 3. The first-order valence-corrected chi connectivity index (χ1v) is 4.14. The first kappa shape index (κ1) is 9.92. The summed E-state index contributed by atoms with van der Waals surface area (Å²) in [5.74, 6) is 0.432. The maximum absolute atomic E-state index is 11.7. The van der Waals surface area contributed by atoms with Gasteiger partial charge in [-0.05, 0) is 12.5 Å². The third-order valence-corrected chi connectivity index (χ3v) is 1.61. The van der Waals surface area contributed by atoms with Gasteiger partial charge in [0.25, 0.3) is 0 Å². The van der Waals surface area contributed by atoms with Gasteiger partial charge in [-0.3, -0.25) is 0 Å². The van der Waals surface area contributed by atoms with Crippen LogP contribution in [0.15, 0.2) is 18.3 Å². The van der Waals surface area contributed by atoms with Crippen LogP contribution in [0.3, 0.4) is 0 Å². The first-order valence-electron chi connectivity index (χ1n) is 4.14. The lowest BCUT2D eigenvalue weighted by Crippen LogP contribution is -2.06. The van der Waals surface area contributed by atoms with Crippen LogP contribution in [0.4, 0.5) is 4.39 Å². The van der Waals surface area contributed by atoms with E-state index >= 15 is 0 Å². The summed E-state index contributed by atoms with van der Waals surface area (Å²) in [5.41, 5.74) is 6.56. The molecule has 1 aromatic rings. The fourth-order valence-corrected chi connectivity index (χ4v) is 0.890. The highest BCUT2D eigenvalue weighted by Gasteiger charge is 2.00. The molecule has 0 bridgehead atoms. The molecule has 0 aliphatic heterocycles. The number of halogens is 1. The van der Waals surface area contributed by atoms with Crippen molar-refractivity contribution in [1.29, 1.82) is 0 Å². The fraction of sp³-hybridized carbons (Fsp3) is 0.444. The Morgan fingerprint density at radius 1 is 1.62 bits per heavy atom. The second-order valence-corrected chi connectivity index (χ2v) is 2.76. The third-order valence-electron chi connectivity index (χ3n) is 1.61. The number of pyridine rings is 1. The van der Waals surface area contributed by atoms with E-state index in [2.05, 4.69) is 4.98 Å². The number of ether oxygens (including phenoxy) is 1. The van der Waals surface area contributed by atoms with Crippen molar-refractivity contribution < 1.29 is 9.13 Å². The molecule has 3 nitrogen and oxygen atoms in total. The van der Waals surface area contributed by atoms with E-state index in [0.29, 0.717) is 5.88 Å². The van der Waals surface area contributed by atoms with E-state index in [9.17, 15) is 4.39 Å². The fourth-order valence-electron chi connectivity index (χ4n) is 0.890. The molecule has 0 saturated carbocycles. The van der Waals surface area contributed by atoms with Crippen LogP contribution in [0.2, 0.25) is 0 Å². The van der Waals surface area contributed by atoms with Crippen LogP contribution >= 0.6 is 0 Å². The van der Waals surface area contributed by atoms with Gasteiger partial charge >= 0.3 is 0 Å². The minimum absolute atomic E-state index is 0.0391. The Morgan fingerprint density at radius 2 is 2.38 bits per heavy atom. The number of nitrogens with zero attached hydrogens (tertiary/aromatic N) is 1. The van der Waals surface area contributed by atoms with E-state index in [1.165, 1.54) is 0 Å². The number of aromatic nitrogens is 1. The molecule has 0 spiro atoms. The predicted octanol–water partition coefficient (Wildman–Crippen LogP) is 1.45. The summed E-state index contributed by atoms with van der Waals surface area (Å²) >= 11 is 0. The summed E-state index contributed by atoms with van der Waals surface area (Å²) in [6.45, 7) is 1.42. The van der Waals surface area contributed by atoms with E-state index in [-0.39, 0.29) is 12.6 Å². The molecule has 0 unspecified atom stereocenters. The molecule has 1 aromatic heterocycles. The van der Waals surface area contributed by atoms with E-state index in [0.717, 1.165) is 5.56 Å². The lowest BCUT2D eigenvalue weighted by molar-refractivity contribution is 0.264. The Kier molecular flexibility index (Phi) is 3.64. The summed E-state index contributed by atoms with van der Waals surface area (Å²) in [5, 5.41) is 0. The molecule has 1 heterocycles. The SMILES string of the molecule is C[C@@H](N)c1ccc(OCCF)nc1. The summed E-state index contributed by atoms with van der Waals surface area (Å²) in [6, 6.07) is 3.47. The lowest BCUT2D eigenvalue weighted by Gasteiger charge is -2.06. The van der Waals surface area contributed by atoms with Crippen LogP contribution in [0.5, 0.6) is 5.88 Å². The first-order chi connectivity index (χ1) is 6.24. The Morgan fingerprint density at radius 3 is 2.85 bits per heavy atom. The third kappa shape index (κ3) is 2.99. The summed E-state index contributed by atoms with van der Waals surface area (Å²) in [6.07, 6.45) is 1.64. The molecule has 0 aliphatic carbocycles. The normalized spacial score (nSPS) is 12.5. The topological polar surface area (TPSA) is 48.1 Å². The zero-order valence-corrected chi connectivity index (χ0v) is 7.53. The second-order valence-electron chi connectivity index (χ2n) is 2.76. The van der Waals surface area contributed by atoms with Crippen LogP contribution in [0, 0.1) is 0 Å². The van der Waals surface area contributed by atoms with E-state index in [1.807, 2.05) is 13.0 Å². The molecule has 13 heavy (non-hydrogen) atoms. The summed E-state index contributed by atoms with van der Waals surface area (Å²) in [4.78, 5) is 3.97. The molecular weight excluding hydrogens is 171 g/mol. The van der Waals surface area contributed by atoms with Crippen LogP contribution in [0.25, 0.3) is 0 Å². The van der Waals surface area contributed by atoms with Gasteiger partial charge in [-0.15, -0.1) is 0 Å². The molecule has 1 atom stereocenters. The molecular formula is C9H13FN2O. The molecule has 0 radical (unpaired) electrons. The lowest BCUT2D eigenvalue weighted by atomic mass is 10.2. The van der Waals surface area contributed by atoms with Crippen molar-refractivity contribution in [3.8, 4) is 5.88 Å². The Hall–Kier alpha value is -1.16. The minimum atomic E-state index is -0.503. The van der Waals surface area contributed by atoms with E-state index in [1.54, 1.807) is 12.3 Å². The molecule has 2 N–H and O–H groups in total. The van der Waals surface area contributed by atoms with Gasteiger partial charge in [-0.2, -0.15) is 0 Å². The van der Waals surface area contributed by atoms with Crippen LogP contribution in [-0.2, 0) is 0 Å². The Labute approximate surface area is 76.7 Å². The number of nitrogens with two attached hydrogens (primary N) is 1. The van der Waals surface area contributed by atoms with Crippen LogP contribution < -0.4 is 10.5 Å². The average molecular weight is 184 g/mol. The van der Waals surface area contributed by atoms with Crippen LogP contribution in [-0.4, -0.2) is 18.3 Å². The smallest absolute Gasteiger partial charge is 0.213 e. The van der Waals surface area contributed by atoms with Crippen LogP contribution in [0.1, 0.15) is 18.5 Å². The monoisotopic (exact) mass is 184 g/mol. The van der Waals surface area contributed by atoms with Gasteiger partial charge in [0.05, 0.1) is 0 Å². The van der Waals surface area contributed by atoms with Crippen molar-refractivity contribution in [3.63, 3.8) is 0 Å². The standard InChI is InChI=1S/C9H13FN2O/c1-7(11)8-2-3-9(12-6-8)13-5-4-10/h2-3,6-7H,4-5,11H2,1H3/t7-/m1/s1. The van der Waals surface area contributed by atoms with Gasteiger partial charge in [0.1, 0.15) is 13.3 Å². The molecule has 0 fully saturated rings. The highest BCUT2D eigenvalue weighted by Crippen LogP contribution is 2.12. The second kappa shape index (κ2) is 4.77. The van der Waals surface area contributed by atoms with Gasteiger partial charge in [-0.25, -0.2) is 9.37 Å². The van der Waals surface area contributed by atoms with Crippen molar-refractivity contribution in [2.24, 2.45) is 5.73 Å². The molecule has 0 aliphatic rings. The molecule has 0 aromatic carbocycles. The molecule has 0 saturated heterocycles. The summed E-state index contributed by atoms with van der Waals surface area (Å²) < 4.78 is 16.7. The highest BCUT2D eigenvalue weighted by molar-refractivity contribution is 5.19. The zero-order chi connectivity index (χ0) is 9.68. The van der Waals surface area contributed by atoms with Crippen molar-refractivity contribution >= 4 is 0 Å². The van der Waals surface area contributed by atoms with Gasteiger partial charge < -0.3 is 10.5 Å². The molecule has 1 rings (SSSR count). The number of hydrogen-bond donors (Lipinski definition) is 1. The zero-order valence-electron chi connectivity index (χ0n) is 7.53. The number of rotatable bonds is 4. The van der Waals surface area contributed by atoms with E-state index in [4.69, 9.17) is 10.5 Å². The van der Waals surface area contributed by atoms with Crippen molar-refractivity contribution in [3.05, 3.63) is 23.9 Å². The molecule has 72 valence electrons.